The zero-order valence-corrected chi connectivity index (χ0v) is 10.1. The average Bonchev–Trinajstić information content (AvgIpc) is 2.15. The van der Waals surface area contributed by atoms with E-state index in [9.17, 15) is 4.79 Å². The summed E-state index contributed by atoms with van der Waals surface area (Å²) in [6.45, 7) is 4.30. The second-order valence-electron chi connectivity index (χ2n) is 3.54. The van der Waals surface area contributed by atoms with E-state index in [0.717, 1.165) is 0 Å². The molecule has 78 valence electrons. The normalized spacial score (nSPS) is 30.4. The number of carbonyl (C=O) groups excluding carboxylic acids is 1. The van der Waals surface area contributed by atoms with Crippen LogP contribution in [-0.2, 0) is 9.53 Å². The summed E-state index contributed by atoms with van der Waals surface area (Å²) in [6.07, 6.45) is 8.53. The molecule has 0 fully saturated rings. The topological polar surface area (TPSA) is 26.3 Å². The molecule has 0 amide bonds. The molecule has 0 aromatic rings. The van der Waals surface area contributed by atoms with Crippen LogP contribution in [0.3, 0.4) is 0 Å². The first-order valence-corrected chi connectivity index (χ1v) is 5.56. The summed E-state index contributed by atoms with van der Waals surface area (Å²) in [5.74, 6) is 0.0688. The van der Waals surface area contributed by atoms with Crippen molar-refractivity contribution in [3.63, 3.8) is 0 Å². The SMILES string of the molecule is CCC(=O)OCC1C=CC=CC1(C)Br. The first-order chi connectivity index (χ1) is 6.56. The second-order valence-corrected chi connectivity index (χ2v) is 5.25. The van der Waals surface area contributed by atoms with E-state index >= 15 is 0 Å². The summed E-state index contributed by atoms with van der Waals surface area (Å²) in [5.41, 5.74) is 0. The Bertz CT molecular complexity index is 266. The standard InChI is InChI=1S/C11H15BrO2/c1-3-10(13)14-8-9-6-4-5-7-11(9,2)12/h4-7,9H,3,8H2,1-2H3. The van der Waals surface area contributed by atoms with Gasteiger partial charge in [-0.15, -0.1) is 0 Å². The summed E-state index contributed by atoms with van der Waals surface area (Å²) in [4.78, 5) is 11.0. The quantitative estimate of drug-likeness (QED) is 0.575. The number of ether oxygens (including phenoxy) is 1. The molecular formula is C11H15BrO2. The third kappa shape index (κ3) is 2.98. The van der Waals surface area contributed by atoms with E-state index in [-0.39, 0.29) is 16.2 Å². The molecule has 0 saturated carbocycles. The highest BCUT2D eigenvalue weighted by molar-refractivity contribution is 9.10. The zero-order valence-electron chi connectivity index (χ0n) is 8.50. The molecule has 0 spiro atoms. The molecule has 0 radical (unpaired) electrons. The van der Waals surface area contributed by atoms with Gasteiger partial charge in [-0.2, -0.15) is 0 Å². The Balaban J connectivity index is 2.48. The van der Waals surface area contributed by atoms with Gasteiger partial charge in [-0.25, -0.2) is 0 Å². The number of halogens is 1. The number of alkyl halides is 1. The van der Waals surface area contributed by atoms with E-state index in [0.29, 0.717) is 13.0 Å². The van der Waals surface area contributed by atoms with Crippen LogP contribution in [0.15, 0.2) is 24.3 Å². The van der Waals surface area contributed by atoms with Crippen molar-refractivity contribution in [1.82, 2.24) is 0 Å². The lowest BCUT2D eigenvalue weighted by atomic mass is 9.90. The van der Waals surface area contributed by atoms with Crippen LogP contribution in [0.4, 0.5) is 0 Å². The second kappa shape index (κ2) is 4.78. The number of allylic oxidation sites excluding steroid dienone is 3. The fraction of sp³-hybridized carbons (Fsp3) is 0.545. The van der Waals surface area contributed by atoms with Crippen molar-refractivity contribution < 1.29 is 9.53 Å². The lowest BCUT2D eigenvalue weighted by Gasteiger charge is -2.28. The van der Waals surface area contributed by atoms with Gasteiger partial charge in [-0.3, -0.25) is 4.79 Å². The maximum atomic E-state index is 11.0. The molecule has 0 saturated heterocycles. The molecule has 1 rings (SSSR count). The number of rotatable bonds is 3. The Kier molecular flexibility index (Phi) is 3.93. The minimum absolute atomic E-state index is 0.101. The maximum absolute atomic E-state index is 11.0. The molecule has 3 heteroatoms. The van der Waals surface area contributed by atoms with Gasteiger partial charge in [-0.1, -0.05) is 47.2 Å². The van der Waals surface area contributed by atoms with E-state index in [1.54, 1.807) is 6.92 Å². The molecule has 1 aliphatic carbocycles. The van der Waals surface area contributed by atoms with E-state index in [2.05, 4.69) is 35.0 Å². The van der Waals surface area contributed by atoms with Crippen LogP contribution < -0.4 is 0 Å². The van der Waals surface area contributed by atoms with Crippen LogP contribution in [0, 0.1) is 5.92 Å². The van der Waals surface area contributed by atoms with Crippen LogP contribution >= 0.6 is 15.9 Å². The van der Waals surface area contributed by atoms with Crippen LogP contribution in [0.25, 0.3) is 0 Å². The van der Waals surface area contributed by atoms with Crippen molar-refractivity contribution in [3.05, 3.63) is 24.3 Å². The van der Waals surface area contributed by atoms with Gasteiger partial charge in [-0.05, 0) is 6.92 Å². The average molecular weight is 259 g/mol. The highest BCUT2D eigenvalue weighted by Gasteiger charge is 2.29. The van der Waals surface area contributed by atoms with Gasteiger partial charge < -0.3 is 4.74 Å². The Morgan fingerprint density at radius 3 is 2.86 bits per heavy atom. The molecule has 0 aliphatic heterocycles. The molecule has 2 atom stereocenters. The van der Waals surface area contributed by atoms with E-state index in [4.69, 9.17) is 4.74 Å². The van der Waals surface area contributed by atoms with Crippen molar-refractivity contribution >= 4 is 21.9 Å². The fourth-order valence-corrected chi connectivity index (χ4v) is 1.69. The molecule has 0 heterocycles. The van der Waals surface area contributed by atoms with Gasteiger partial charge in [0.1, 0.15) is 0 Å². The molecule has 0 N–H and O–H groups in total. The number of carbonyl (C=O) groups is 1. The molecule has 0 aromatic carbocycles. The van der Waals surface area contributed by atoms with Crippen molar-refractivity contribution in [2.75, 3.05) is 6.61 Å². The van der Waals surface area contributed by atoms with E-state index in [1.807, 2.05) is 12.2 Å². The Morgan fingerprint density at radius 2 is 2.29 bits per heavy atom. The van der Waals surface area contributed by atoms with Crippen molar-refractivity contribution in [2.45, 2.75) is 24.6 Å². The van der Waals surface area contributed by atoms with E-state index < -0.39 is 0 Å². The first-order valence-electron chi connectivity index (χ1n) is 4.77. The maximum Gasteiger partial charge on any atom is 0.305 e. The van der Waals surface area contributed by atoms with Crippen LogP contribution in [-0.4, -0.2) is 16.9 Å². The summed E-state index contributed by atoms with van der Waals surface area (Å²) in [7, 11) is 0. The zero-order chi connectivity index (χ0) is 10.6. The summed E-state index contributed by atoms with van der Waals surface area (Å²) < 4.78 is 5.01. The Morgan fingerprint density at radius 1 is 1.57 bits per heavy atom. The lowest BCUT2D eigenvalue weighted by molar-refractivity contribution is -0.144. The molecule has 1 aliphatic rings. The van der Waals surface area contributed by atoms with Crippen LogP contribution in [0.2, 0.25) is 0 Å². The van der Waals surface area contributed by atoms with Crippen molar-refractivity contribution in [1.29, 1.82) is 0 Å². The van der Waals surface area contributed by atoms with Crippen molar-refractivity contribution in [3.8, 4) is 0 Å². The fourth-order valence-electron chi connectivity index (χ4n) is 1.26. The van der Waals surface area contributed by atoms with Gasteiger partial charge in [0, 0.05) is 12.3 Å². The number of hydrogen-bond acceptors (Lipinski definition) is 2. The monoisotopic (exact) mass is 258 g/mol. The Hall–Kier alpha value is -0.570. The molecule has 0 aromatic heterocycles. The molecule has 14 heavy (non-hydrogen) atoms. The lowest BCUT2D eigenvalue weighted by Crippen LogP contribution is -2.30. The van der Waals surface area contributed by atoms with Gasteiger partial charge in [0.2, 0.25) is 0 Å². The predicted octanol–water partition coefficient (Wildman–Crippen LogP) is 2.84. The largest absolute Gasteiger partial charge is 0.465 e. The first kappa shape index (κ1) is 11.5. The Labute approximate surface area is 93.1 Å². The summed E-state index contributed by atoms with van der Waals surface area (Å²) in [6, 6.07) is 0. The third-order valence-corrected chi connectivity index (χ3v) is 3.17. The molecular weight excluding hydrogens is 244 g/mol. The van der Waals surface area contributed by atoms with Gasteiger partial charge in [0.15, 0.2) is 0 Å². The van der Waals surface area contributed by atoms with E-state index in [1.165, 1.54) is 0 Å². The molecule has 2 nitrogen and oxygen atoms in total. The van der Waals surface area contributed by atoms with Crippen molar-refractivity contribution in [2.24, 2.45) is 5.92 Å². The van der Waals surface area contributed by atoms with Gasteiger partial charge >= 0.3 is 5.97 Å². The number of hydrogen-bond donors (Lipinski definition) is 0. The van der Waals surface area contributed by atoms with Gasteiger partial charge in [0.05, 0.1) is 10.9 Å². The minimum Gasteiger partial charge on any atom is -0.465 e. The summed E-state index contributed by atoms with van der Waals surface area (Å²) >= 11 is 3.60. The molecule has 0 bridgehead atoms. The number of esters is 1. The summed E-state index contributed by atoms with van der Waals surface area (Å²) in [5, 5.41) is 0. The van der Waals surface area contributed by atoms with Gasteiger partial charge in [0.25, 0.3) is 0 Å². The smallest absolute Gasteiger partial charge is 0.305 e. The highest BCUT2D eigenvalue weighted by Crippen LogP contribution is 2.32. The third-order valence-electron chi connectivity index (χ3n) is 2.31. The van der Waals surface area contributed by atoms with Crippen LogP contribution in [0.5, 0.6) is 0 Å². The van der Waals surface area contributed by atoms with Crippen LogP contribution in [0.1, 0.15) is 20.3 Å². The predicted molar refractivity (Wildman–Crippen MR) is 60.4 cm³/mol. The molecule has 2 unspecified atom stereocenters. The highest BCUT2D eigenvalue weighted by atomic mass is 79.9. The minimum atomic E-state index is -0.142.